The van der Waals surface area contributed by atoms with E-state index in [2.05, 4.69) is 54.9 Å². The van der Waals surface area contributed by atoms with Crippen LogP contribution in [0.4, 0.5) is 0 Å². The summed E-state index contributed by atoms with van der Waals surface area (Å²) in [5.41, 5.74) is 3.41. The van der Waals surface area contributed by atoms with Crippen LogP contribution in [0.3, 0.4) is 0 Å². The second-order valence-electron chi connectivity index (χ2n) is 6.69. The molecule has 0 unspecified atom stereocenters. The molecule has 1 heteroatoms. The van der Waals surface area contributed by atoms with Gasteiger partial charge >= 0.3 is 0 Å². The lowest BCUT2D eigenvalue weighted by Gasteiger charge is -2.01. The van der Waals surface area contributed by atoms with Crippen molar-refractivity contribution in [3.63, 3.8) is 0 Å². The lowest BCUT2D eigenvalue weighted by Crippen LogP contribution is -1.90. The first-order valence-electron chi connectivity index (χ1n) is 10.3. The van der Waals surface area contributed by atoms with Crippen molar-refractivity contribution in [2.24, 2.45) is 0 Å². The highest BCUT2D eigenvalue weighted by molar-refractivity contribution is 5.42. The number of ether oxygens (including phenoxy) is 1. The third-order valence-corrected chi connectivity index (χ3v) is 4.37. The van der Waals surface area contributed by atoms with Gasteiger partial charge in [0.2, 0.25) is 0 Å². The van der Waals surface area contributed by atoms with Crippen LogP contribution in [-0.2, 0) is 6.42 Å². The van der Waals surface area contributed by atoms with Gasteiger partial charge in [-0.3, -0.25) is 0 Å². The van der Waals surface area contributed by atoms with Crippen molar-refractivity contribution in [2.45, 2.75) is 52.4 Å². The molecular formula is C27H30O. The van der Waals surface area contributed by atoms with E-state index in [1.807, 2.05) is 31.2 Å². The van der Waals surface area contributed by atoms with Gasteiger partial charge in [-0.1, -0.05) is 68.4 Å². The second kappa shape index (κ2) is 13.3. The molecule has 0 aliphatic rings. The molecule has 0 bridgehead atoms. The first kappa shape index (κ1) is 21.4. The summed E-state index contributed by atoms with van der Waals surface area (Å²) in [6.07, 6.45) is 11.4. The Morgan fingerprint density at radius 3 is 1.86 bits per heavy atom. The normalized spacial score (nSPS) is 10.1. The molecular weight excluding hydrogens is 340 g/mol. The number of benzene rings is 2. The predicted octanol–water partition coefficient (Wildman–Crippen LogP) is 6.56. The van der Waals surface area contributed by atoms with Crippen molar-refractivity contribution in [3.05, 3.63) is 77.4 Å². The Balaban J connectivity index is 1.77. The van der Waals surface area contributed by atoms with Gasteiger partial charge in [0, 0.05) is 11.1 Å². The predicted molar refractivity (Wildman–Crippen MR) is 119 cm³/mol. The highest BCUT2D eigenvalue weighted by atomic mass is 16.5. The maximum atomic E-state index is 5.42. The molecule has 0 N–H and O–H groups in total. The molecule has 1 nitrogen and oxygen atoms in total. The molecule has 0 amide bonds. The van der Waals surface area contributed by atoms with Crippen LogP contribution in [0.2, 0.25) is 0 Å². The van der Waals surface area contributed by atoms with Crippen molar-refractivity contribution in [2.75, 3.05) is 6.61 Å². The fourth-order valence-corrected chi connectivity index (χ4v) is 2.82. The Labute approximate surface area is 170 Å². The minimum atomic E-state index is 0.675. The fourth-order valence-electron chi connectivity index (χ4n) is 2.82. The highest BCUT2D eigenvalue weighted by Gasteiger charge is 1.94. The molecule has 0 saturated carbocycles. The Morgan fingerprint density at radius 2 is 1.29 bits per heavy atom. The van der Waals surface area contributed by atoms with E-state index in [0.717, 1.165) is 16.9 Å². The van der Waals surface area contributed by atoms with Gasteiger partial charge in [0.25, 0.3) is 0 Å². The third kappa shape index (κ3) is 8.66. The molecule has 0 spiro atoms. The lowest BCUT2D eigenvalue weighted by atomic mass is 10.0. The number of allylic oxidation sites excluding steroid dienone is 2. The zero-order valence-electron chi connectivity index (χ0n) is 17.1. The number of hydrogen-bond acceptors (Lipinski definition) is 1. The van der Waals surface area contributed by atoms with Gasteiger partial charge in [0.05, 0.1) is 6.61 Å². The van der Waals surface area contributed by atoms with Crippen LogP contribution in [0.5, 0.6) is 5.75 Å². The van der Waals surface area contributed by atoms with Gasteiger partial charge < -0.3 is 4.74 Å². The van der Waals surface area contributed by atoms with E-state index in [4.69, 9.17) is 4.74 Å². The highest BCUT2D eigenvalue weighted by Crippen LogP contribution is 2.11. The molecule has 0 fully saturated rings. The minimum absolute atomic E-state index is 0.675. The van der Waals surface area contributed by atoms with Crippen LogP contribution in [0.1, 0.15) is 62.6 Å². The number of unbranched alkanes of at least 4 members (excludes halogenated alkanes) is 4. The monoisotopic (exact) mass is 370 g/mol. The van der Waals surface area contributed by atoms with E-state index in [9.17, 15) is 0 Å². The van der Waals surface area contributed by atoms with E-state index in [0.29, 0.717) is 6.61 Å². The molecule has 2 rings (SSSR count). The van der Waals surface area contributed by atoms with Gasteiger partial charge in [0.1, 0.15) is 5.75 Å². The van der Waals surface area contributed by atoms with Crippen molar-refractivity contribution in [1.29, 1.82) is 0 Å². The van der Waals surface area contributed by atoms with Crippen LogP contribution in [0.25, 0.3) is 0 Å². The minimum Gasteiger partial charge on any atom is -0.494 e. The van der Waals surface area contributed by atoms with Crippen LogP contribution < -0.4 is 4.74 Å². The van der Waals surface area contributed by atoms with E-state index in [1.165, 1.54) is 44.1 Å². The molecule has 2 aromatic rings. The zero-order valence-corrected chi connectivity index (χ0v) is 17.1. The molecule has 0 atom stereocenters. The molecule has 0 radical (unpaired) electrons. The second-order valence-corrected chi connectivity index (χ2v) is 6.69. The first-order chi connectivity index (χ1) is 13.8. The largest absolute Gasteiger partial charge is 0.494 e. The summed E-state index contributed by atoms with van der Waals surface area (Å²) >= 11 is 0. The number of rotatable bonds is 8. The van der Waals surface area contributed by atoms with Crippen molar-refractivity contribution >= 4 is 0 Å². The van der Waals surface area contributed by atoms with E-state index in [-0.39, 0.29) is 0 Å². The van der Waals surface area contributed by atoms with Crippen molar-refractivity contribution < 1.29 is 4.74 Å². The van der Waals surface area contributed by atoms with Gasteiger partial charge in [-0.05, 0) is 73.9 Å². The summed E-state index contributed by atoms with van der Waals surface area (Å²) < 4.78 is 5.42. The van der Waals surface area contributed by atoms with E-state index < -0.39 is 0 Å². The maximum absolute atomic E-state index is 5.42. The van der Waals surface area contributed by atoms with Gasteiger partial charge in [-0.25, -0.2) is 0 Å². The summed E-state index contributed by atoms with van der Waals surface area (Å²) in [6, 6.07) is 16.4. The number of hydrogen-bond donors (Lipinski definition) is 0. The molecule has 0 heterocycles. The summed E-state index contributed by atoms with van der Waals surface area (Å²) in [5.74, 6) is 13.2. The Bertz CT molecular complexity index is 834. The molecule has 0 saturated heterocycles. The van der Waals surface area contributed by atoms with Gasteiger partial charge in [-0.15, -0.1) is 0 Å². The molecule has 0 aliphatic carbocycles. The van der Waals surface area contributed by atoms with Gasteiger partial charge in [-0.2, -0.15) is 0 Å². The average molecular weight is 371 g/mol. The third-order valence-electron chi connectivity index (χ3n) is 4.37. The maximum Gasteiger partial charge on any atom is 0.119 e. The first-order valence-corrected chi connectivity index (χ1v) is 10.3. The molecule has 2 aromatic carbocycles. The fraction of sp³-hybridized carbons (Fsp3) is 0.333. The van der Waals surface area contributed by atoms with Crippen LogP contribution in [0, 0.1) is 23.7 Å². The van der Waals surface area contributed by atoms with Crippen LogP contribution in [-0.4, -0.2) is 6.61 Å². The number of aryl methyl sites for hydroxylation is 1. The summed E-state index contributed by atoms with van der Waals surface area (Å²) in [7, 11) is 0. The van der Waals surface area contributed by atoms with Crippen molar-refractivity contribution in [1.82, 2.24) is 0 Å². The molecule has 0 aromatic heterocycles. The zero-order chi connectivity index (χ0) is 19.9. The average Bonchev–Trinajstić information content (AvgIpc) is 2.73. The van der Waals surface area contributed by atoms with E-state index in [1.54, 1.807) is 12.2 Å². The summed E-state index contributed by atoms with van der Waals surface area (Å²) in [4.78, 5) is 0. The lowest BCUT2D eigenvalue weighted by molar-refractivity contribution is 0.340. The summed E-state index contributed by atoms with van der Waals surface area (Å²) in [5, 5.41) is 0. The molecule has 28 heavy (non-hydrogen) atoms. The molecule has 144 valence electrons. The Morgan fingerprint density at radius 1 is 0.714 bits per heavy atom. The SMILES string of the molecule is CCCCCCCc1ccc(C#CC=CC#Cc2ccc(OCC)cc2)cc1. The Kier molecular flexibility index (Phi) is 10.2. The summed E-state index contributed by atoms with van der Waals surface area (Å²) in [6.45, 7) is 4.90. The van der Waals surface area contributed by atoms with Crippen LogP contribution >= 0.6 is 0 Å². The van der Waals surface area contributed by atoms with E-state index >= 15 is 0 Å². The van der Waals surface area contributed by atoms with Crippen molar-refractivity contribution in [3.8, 4) is 29.4 Å². The molecule has 0 aliphatic heterocycles. The van der Waals surface area contributed by atoms with Crippen LogP contribution in [0.15, 0.2) is 60.7 Å². The van der Waals surface area contributed by atoms with Gasteiger partial charge in [0.15, 0.2) is 0 Å². The quantitative estimate of drug-likeness (QED) is 0.378. The Hall–Kier alpha value is -2.90. The topological polar surface area (TPSA) is 9.23 Å². The smallest absolute Gasteiger partial charge is 0.119 e. The standard InChI is InChI=1S/C27H30O/c1-3-5-6-7-10-13-24-16-18-25(19-17-24)14-11-8-9-12-15-26-20-22-27(23-21-26)28-4-2/h8-9,16-23H,3-7,10,13H2,1-2H3.